The van der Waals surface area contributed by atoms with Crippen LogP contribution in [0.25, 0.3) is 33.4 Å². The lowest BCUT2D eigenvalue weighted by atomic mass is 9.95. The second kappa shape index (κ2) is 11.3. The van der Waals surface area contributed by atoms with E-state index >= 15 is 0 Å². The second-order valence-electron chi connectivity index (χ2n) is 10.1. The van der Waals surface area contributed by atoms with Crippen LogP contribution < -0.4 is 10.6 Å². The summed E-state index contributed by atoms with van der Waals surface area (Å²) < 4.78 is 19.4. The summed E-state index contributed by atoms with van der Waals surface area (Å²) in [6.07, 6.45) is 4.01. The monoisotopic (exact) mass is 551 g/mol. The first kappa shape index (κ1) is 27.7. The van der Waals surface area contributed by atoms with E-state index < -0.39 is 5.54 Å². The van der Waals surface area contributed by atoms with Crippen LogP contribution in [0, 0.1) is 12.7 Å². The summed E-state index contributed by atoms with van der Waals surface area (Å²) in [4.78, 5) is 29.8. The van der Waals surface area contributed by atoms with Gasteiger partial charge in [-0.2, -0.15) is 0 Å². The number of rotatable bonds is 6. The molecule has 1 saturated carbocycles. The molecule has 1 aliphatic rings. The quantitative estimate of drug-likeness (QED) is 0.212. The smallest absolute Gasteiger partial charge is 0.252 e. The highest BCUT2D eigenvalue weighted by molar-refractivity contribution is 6.04. The number of aldehydes is 1. The van der Waals surface area contributed by atoms with Crippen LogP contribution in [0.2, 0.25) is 0 Å². The highest BCUT2D eigenvalue weighted by atomic mass is 19.1. The molecule has 1 amide bonds. The number of hydrogen-bond donors (Lipinski definition) is 3. The minimum absolute atomic E-state index is 0.00904. The number of phenolic OH excluding ortho intramolecular Hbond substituents is 1. The zero-order chi connectivity index (χ0) is 29.1. The molecule has 2 aromatic heterocycles. The van der Waals surface area contributed by atoms with Gasteiger partial charge in [-0.15, -0.1) is 0 Å². The third-order valence-corrected chi connectivity index (χ3v) is 7.16. The van der Waals surface area contributed by atoms with Crippen molar-refractivity contribution in [3.05, 3.63) is 107 Å². The number of phenols is 1. The molecule has 8 heteroatoms. The zero-order valence-electron chi connectivity index (χ0n) is 23.0. The number of amides is 1. The molecule has 1 aliphatic carbocycles. The van der Waals surface area contributed by atoms with Crippen LogP contribution in [-0.4, -0.2) is 36.4 Å². The summed E-state index contributed by atoms with van der Waals surface area (Å²) in [6, 6.07) is 19.9. The summed E-state index contributed by atoms with van der Waals surface area (Å²) in [6.45, 7) is 1.77. The topological polar surface area (TPSA) is 104 Å². The molecule has 0 radical (unpaired) electrons. The van der Waals surface area contributed by atoms with Gasteiger partial charge in [0.15, 0.2) is 6.29 Å². The number of aromatic nitrogens is 1. The standard InChI is InChI=1S/C31H23FN2O4.C2H7N/c1-18-23(15-21(16-26(18)36)30(37)34-31(11-12-31)28-4-2-3-13-33-28)20-7-10-27-24(14-20)25(17-35)29(38-27)19-5-8-22(32)9-6-19;1-3-2/h2-10,13-17,36H,11-12H2,1H3,(H,34,37);3H,1-2H3. The van der Waals surface area contributed by atoms with E-state index in [2.05, 4.69) is 15.6 Å². The van der Waals surface area contributed by atoms with Crippen molar-refractivity contribution in [2.75, 3.05) is 14.1 Å². The Morgan fingerprint density at radius 1 is 1.02 bits per heavy atom. The van der Waals surface area contributed by atoms with Crippen molar-refractivity contribution in [1.82, 2.24) is 15.6 Å². The Kier molecular flexibility index (Phi) is 7.68. The van der Waals surface area contributed by atoms with Crippen molar-refractivity contribution in [3.63, 3.8) is 0 Å². The van der Waals surface area contributed by atoms with E-state index in [0.29, 0.717) is 50.1 Å². The van der Waals surface area contributed by atoms with Crippen molar-refractivity contribution in [2.24, 2.45) is 0 Å². The number of hydrogen-bond acceptors (Lipinski definition) is 6. The molecule has 3 aromatic carbocycles. The second-order valence-corrected chi connectivity index (χ2v) is 10.1. The maximum absolute atomic E-state index is 13.4. The number of carbonyl (C=O) groups is 2. The minimum Gasteiger partial charge on any atom is -0.508 e. The van der Waals surface area contributed by atoms with Crippen molar-refractivity contribution in [1.29, 1.82) is 0 Å². The average Bonchev–Trinajstić information content (AvgIpc) is 3.67. The van der Waals surface area contributed by atoms with Gasteiger partial charge in [-0.3, -0.25) is 14.6 Å². The number of fused-ring (bicyclic) bond motifs is 1. The Morgan fingerprint density at radius 3 is 2.37 bits per heavy atom. The normalized spacial score (nSPS) is 13.3. The van der Waals surface area contributed by atoms with Crippen LogP contribution in [0.3, 0.4) is 0 Å². The van der Waals surface area contributed by atoms with E-state index in [0.717, 1.165) is 24.8 Å². The van der Waals surface area contributed by atoms with E-state index in [1.807, 2.05) is 38.4 Å². The molecule has 5 aromatic rings. The third-order valence-electron chi connectivity index (χ3n) is 7.16. The predicted octanol–water partition coefficient (Wildman–Crippen LogP) is 6.38. The molecule has 0 aliphatic heterocycles. The lowest BCUT2D eigenvalue weighted by molar-refractivity contribution is 0.0929. The maximum atomic E-state index is 13.4. The summed E-state index contributed by atoms with van der Waals surface area (Å²) in [5.41, 5.74) is 4.02. The molecular formula is C33H30FN3O4. The zero-order valence-corrected chi connectivity index (χ0v) is 23.0. The molecule has 208 valence electrons. The van der Waals surface area contributed by atoms with Gasteiger partial charge in [0.2, 0.25) is 0 Å². The summed E-state index contributed by atoms with van der Waals surface area (Å²) in [7, 11) is 3.75. The maximum Gasteiger partial charge on any atom is 0.252 e. The number of nitrogens with one attached hydrogen (secondary N) is 2. The molecule has 6 rings (SSSR count). The first-order valence-corrected chi connectivity index (χ1v) is 13.2. The number of halogens is 1. The summed E-state index contributed by atoms with van der Waals surface area (Å²) in [5.74, 6) is -0.345. The van der Waals surface area contributed by atoms with Crippen molar-refractivity contribution in [3.8, 4) is 28.2 Å². The van der Waals surface area contributed by atoms with Gasteiger partial charge in [0, 0.05) is 22.7 Å². The fraction of sp³-hybridized carbons (Fsp3) is 0.182. The van der Waals surface area contributed by atoms with Gasteiger partial charge in [0.25, 0.3) is 5.91 Å². The summed E-state index contributed by atoms with van der Waals surface area (Å²) >= 11 is 0. The first-order chi connectivity index (χ1) is 19.8. The molecule has 0 bridgehead atoms. The number of benzene rings is 3. The minimum atomic E-state index is -0.496. The van der Waals surface area contributed by atoms with E-state index in [4.69, 9.17) is 4.42 Å². The average molecular weight is 552 g/mol. The molecule has 41 heavy (non-hydrogen) atoms. The predicted molar refractivity (Wildman–Crippen MR) is 156 cm³/mol. The highest BCUT2D eigenvalue weighted by Crippen LogP contribution is 2.45. The Bertz CT molecular complexity index is 1730. The van der Waals surface area contributed by atoms with Crippen molar-refractivity contribution < 1.29 is 23.5 Å². The van der Waals surface area contributed by atoms with E-state index in [1.165, 1.54) is 18.2 Å². The fourth-order valence-corrected chi connectivity index (χ4v) is 4.85. The van der Waals surface area contributed by atoms with Crippen molar-refractivity contribution >= 4 is 23.2 Å². The van der Waals surface area contributed by atoms with Crippen LogP contribution in [0.5, 0.6) is 5.75 Å². The molecule has 1 fully saturated rings. The number of nitrogens with zero attached hydrogens (tertiary/aromatic N) is 1. The molecule has 0 saturated heterocycles. The number of pyridine rings is 1. The van der Waals surface area contributed by atoms with E-state index in [-0.39, 0.29) is 17.5 Å². The van der Waals surface area contributed by atoms with Crippen LogP contribution in [-0.2, 0) is 5.54 Å². The fourth-order valence-electron chi connectivity index (χ4n) is 4.85. The van der Waals surface area contributed by atoms with Gasteiger partial charge < -0.3 is 20.2 Å². The summed E-state index contributed by atoms with van der Waals surface area (Å²) in [5, 5.41) is 17.1. The van der Waals surface area contributed by atoms with E-state index in [1.54, 1.807) is 43.5 Å². The molecule has 0 atom stereocenters. The van der Waals surface area contributed by atoms with Gasteiger partial charge in [0.1, 0.15) is 22.9 Å². The number of aromatic hydroxyl groups is 1. The van der Waals surface area contributed by atoms with Crippen LogP contribution >= 0.6 is 0 Å². The third kappa shape index (κ3) is 5.47. The number of carbonyl (C=O) groups excluding carboxylic acids is 2. The van der Waals surface area contributed by atoms with Gasteiger partial charge in [-0.05, 0) is 111 Å². The van der Waals surface area contributed by atoms with E-state index in [9.17, 15) is 19.1 Å². The highest BCUT2D eigenvalue weighted by Gasteiger charge is 2.47. The Balaban J connectivity index is 0.00000108. The Morgan fingerprint density at radius 2 is 1.73 bits per heavy atom. The SMILES string of the molecule is CNC.Cc1c(O)cc(C(=O)NC2(c3ccccn3)CC2)cc1-c1ccc2oc(-c3ccc(F)cc3)c(C=O)c2c1. The van der Waals surface area contributed by atoms with Gasteiger partial charge in [-0.25, -0.2) is 4.39 Å². The molecular weight excluding hydrogens is 521 g/mol. The van der Waals surface area contributed by atoms with Gasteiger partial charge in [0.05, 0.1) is 16.8 Å². The lowest BCUT2D eigenvalue weighted by Gasteiger charge is -2.18. The Hall–Kier alpha value is -4.82. The molecule has 0 unspecified atom stereocenters. The molecule has 7 nitrogen and oxygen atoms in total. The Labute approximate surface area is 237 Å². The number of furan rings is 1. The largest absolute Gasteiger partial charge is 0.508 e. The van der Waals surface area contributed by atoms with Crippen LogP contribution in [0.15, 0.2) is 83.4 Å². The first-order valence-electron chi connectivity index (χ1n) is 13.2. The van der Waals surface area contributed by atoms with Crippen LogP contribution in [0.1, 0.15) is 44.8 Å². The lowest BCUT2D eigenvalue weighted by Crippen LogP contribution is -2.35. The van der Waals surface area contributed by atoms with Crippen molar-refractivity contribution in [2.45, 2.75) is 25.3 Å². The van der Waals surface area contributed by atoms with Gasteiger partial charge in [-0.1, -0.05) is 12.1 Å². The molecule has 0 spiro atoms. The molecule has 2 heterocycles. The molecule has 3 N–H and O–H groups in total. The van der Waals surface area contributed by atoms with Gasteiger partial charge >= 0.3 is 0 Å². The van der Waals surface area contributed by atoms with Crippen LogP contribution in [0.4, 0.5) is 4.39 Å².